The highest BCUT2D eigenvalue weighted by atomic mass is 32.2. The molecule has 7 aromatic rings. The molecule has 1 nitrogen and oxygen atoms in total. The Morgan fingerprint density at radius 2 is 1.44 bits per heavy atom. The fraction of sp³-hybridized carbons (Fsp3) is 0.0513. The summed E-state index contributed by atoms with van der Waals surface area (Å²) in [6.07, 6.45) is 13.0. The predicted molar refractivity (Wildman–Crippen MR) is 176 cm³/mol. The van der Waals surface area contributed by atoms with Gasteiger partial charge in [0.15, 0.2) is 0 Å². The van der Waals surface area contributed by atoms with Crippen molar-refractivity contribution in [3.8, 4) is 11.1 Å². The van der Waals surface area contributed by atoms with E-state index in [1.165, 1.54) is 86.3 Å². The van der Waals surface area contributed by atoms with Crippen molar-refractivity contribution in [2.45, 2.75) is 22.6 Å². The Hall–Kier alpha value is -4.66. The van der Waals surface area contributed by atoms with Crippen LogP contribution >= 0.6 is 11.8 Å². The Bertz CT molecular complexity index is 2230. The number of hydrogen-bond donors (Lipinski definition) is 0. The number of rotatable bonds is 3. The van der Waals surface area contributed by atoms with Crippen LogP contribution in [0.5, 0.6) is 0 Å². The van der Waals surface area contributed by atoms with Crippen molar-refractivity contribution >= 4 is 66.5 Å². The second kappa shape index (κ2) is 8.92. The van der Waals surface area contributed by atoms with Crippen molar-refractivity contribution in [1.29, 1.82) is 0 Å². The molecule has 41 heavy (non-hydrogen) atoms. The quantitative estimate of drug-likeness (QED) is 0.207. The summed E-state index contributed by atoms with van der Waals surface area (Å²) in [5.74, 6) is 0. The highest BCUT2D eigenvalue weighted by molar-refractivity contribution is 7.99. The molecule has 0 bridgehead atoms. The first-order chi connectivity index (χ1) is 20.3. The average Bonchev–Trinajstić information content (AvgIpc) is 3.04. The summed E-state index contributed by atoms with van der Waals surface area (Å²) in [6, 6.07) is 35.8. The second-order valence-electron chi connectivity index (χ2n) is 11.0. The van der Waals surface area contributed by atoms with Crippen LogP contribution in [0.3, 0.4) is 0 Å². The molecule has 6 aromatic carbocycles. The van der Waals surface area contributed by atoms with Gasteiger partial charge in [-0.2, -0.15) is 0 Å². The number of fused-ring (bicyclic) bond motifs is 3. The van der Waals surface area contributed by atoms with Gasteiger partial charge in [-0.1, -0.05) is 109 Å². The van der Waals surface area contributed by atoms with Gasteiger partial charge in [0.05, 0.1) is 0 Å². The number of benzene rings is 6. The van der Waals surface area contributed by atoms with E-state index in [-0.39, 0.29) is 0 Å². The van der Waals surface area contributed by atoms with Crippen molar-refractivity contribution < 1.29 is 0 Å². The maximum absolute atomic E-state index is 4.62. The molecule has 0 radical (unpaired) electrons. The number of allylic oxidation sites excluding steroid dienone is 3. The molecule has 0 unspecified atom stereocenters. The van der Waals surface area contributed by atoms with Crippen LogP contribution in [0.15, 0.2) is 131 Å². The molecule has 0 fully saturated rings. The minimum atomic E-state index is 0.978. The molecule has 0 amide bonds. The zero-order chi connectivity index (χ0) is 26.9. The van der Waals surface area contributed by atoms with Gasteiger partial charge in [0.2, 0.25) is 0 Å². The zero-order valence-electron chi connectivity index (χ0n) is 22.4. The largest absolute Gasteiger partial charge is 0.264 e. The molecule has 0 spiro atoms. The number of hydrogen-bond acceptors (Lipinski definition) is 2. The molecule has 1 aromatic heterocycles. The van der Waals surface area contributed by atoms with E-state index in [9.17, 15) is 0 Å². The maximum atomic E-state index is 4.62. The normalized spacial score (nSPS) is 13.8. The number of aromatic nitrogens is 1. The third-order valence-electron chi connectivity index (χ3n) is 8.82. The number of pyridine rings is 1. The monoisotopic (exact) mass is 539 g/mol. The highest BCUT2D eigenvalue weighted by Gasteiger charge is 2.23. The van der Waals surface area contributed by atoms with E-state index in [1.807, 2.05) is 18.0 Å². The van der Waals surface area contributed by atoms with E-state index in [4.69, 9.17) is 0 Å². The van der Waals surface area contributed by atoms with E-state index in [0.29, 0.717) is 0 Å². The van der Waals surface area contributed by atoms with Crippen LogP contribution in [0.4, 0.5) is 0 Å². The molecule has 0 atom stereocenters. The van der Waals surface area contributed by atoms with E-state index in [1.54, 1.807) is 0 Å². The molecule has 0 aliphatic heterocycles. The molecular formula is C39H25NS. The smallest absolute Gasteiger partial charge is 0.0353 e. The van der Waals surface area contributed by atoms with Gasteiger partial charge in [-0.15, -0.1) is 0 Å². The summed E-state index contributed by atoms with van der Waals surface area (Å²) in [6.45, 7) is 0. The third-order valence-corrected chi connectivity index (χ3v) is 10.1. The van der Waals surface area contributed by atoms with Gasteiger partial charge in [-0.25, -0.2) is 0 Å². The standard InChI is InChI=1S/C39H25NS/c1-2-7-28-22-29(15-12-24(28)6-1)37-30-10-3-4-11-31(30)39(32-20-21-40-23-34(32)37)41-35-19-17-27-14-13-25-8-5-9-26-16-18-33(35)38(27)36(25)26/h1-8,10-17,19-23H,9,18H2. The summed E-state index contributed by atoms with van der Waals surface area (Å²) < 4.78 is 0. The lowest BCUT2D eigenvalue weighted by molar-refractivity contribution is 1.17. The summed E-state index contributed by atoms with van der Waals surface area (Å²) in [4.78, 5) is 7.27. The van der Waals surface area contributed by atoms with Crippen molar-refractivity contribution in [3.05, 3.63) is 138 Å². The van der Waals surface area contributed by atoms with Crippen LogP contribution < -0.4 is 0 Å². The van der Waals surface area contributed by atoms with Crippen molar-refractivity contribution in [2.75, 3.05) is 0 Å². The highest BCUT2D eigenvalue weighted by Crippen LogP contribution is 2.49. The zero-order valence-corrected chi connectivity index (χ0v) is 23.2. The molecule has 0 saturated heterocycles. The van der Waals surface area contributed by atoms with Gasteiger partial charge in [-0.3, -0.25) is 4.98 Å². The summed E-state index contributed by atoms with van der Waals surface area (Å²) >= 11 is 1.92. The molecule has 2 aliphatic rings. The first-order valence-electron chi connectivity index (χ1n) is 14.2. The Labute approximate surface area is 242 Å². The number of nitrogens with zero attached hydrogens (tertiary/aromatic N) is 1. The first-order valence-corrected chi connectivity index (χ1v) is 15.1. The van der Waals surface area contributed by atoms with Crippen molar-refractivity contribution in [1.82, 2.24) is 4.98 Å². The lowest BCUT2D eigenvalue weighted by Gasteiger charge is -2.25. The van der Waals surface area contributed by atoms with E-state index in [0.717, 1.165) is 12.8 Å². The predicted octanol–water partition coefficient (Wildman–Crippen LogP) is 10.9. The van der Waals surface area contributed by atoms with Crippen LogP contribution in [-0.2, 0) is 6.42 Å². The Balaban J connectivity index is 1.30. The Morgan fingerprint density at radius 3 is 2.39 bits per heavy atom. The maximum Gasteiger partial charge on any atom is 0.0353 e. The molecule has 9 rings (SSSR count). The topological polar surface area (TPSA) is 12.9 Å². The van der Waals surface area contributed by atoms with Crippen LogP contribution in [0.2, 0.25) is 0 Å². The van der Waals surface area contributed by atoms with Gasteiger partial charge >= 0.3 is 0 Å². The van der Waals surface area contributed by atoms with Crippen LogP contribution in [-0.4, -0.2) is 4.98 Å². The SMILES string of the molecule is C1=Cc2ccc3ccc(Sc4c5ccccc5c(-c5ccc6ccccc6c5)c5cnccc45)c4c3c2C(=CC4)C1. The van der Waals surface area contributed by atoms with Gasteiger partial charge in [0.25, 0.3) is 0 Å². The minimum absolute atomic E-state index is 0.978. The van der Waals surface area contributed by atoms with Crippen LogP contribution in [0.25, 0.3) is 65.9 Å². The van der Waals surface area contributed by atoms with Gasteiger partial charge in [0.1, 0.15) is 0 Å². The van der Waals surface area contributed by atoms with Gasteiger partial charge < -0.3 is 0 Å². The minimum Gasteiger partial charge on any atom is -0.264 e. The molecule has 0 N–H and O–H groups in total. The van der Waals surface area contributed by atoms with Gasteiger partial charge in [0, 0.05) is 27.6 Å². The summed E-state index contributed by atoms with van der Waals surface area (Å²) in [5, 5.41) is 10.3. The van der Waals surface area contributed by atoms with Crippen molar-refractivity contribution in [3.63, 3.8) is 0 Å². The first kappa shape index (κ1) is 23.1. The van der Waals surface area contributed by atoms with Crippen molar-refractivity contribution in [2.24, 2.45) is 0 Å². The van der Waals surface area contributed by atoms with E-state index in [2.05, 4.69) is 126 Å². The fourth-order valence-corrected chi connectivity index (χ4v) is 8.19. The van der Waals surface area contributed by atoms with Crippen LogP contribution in [0.1, 0.15) is 23.1 Å². The second-order valence-corrected chi connectivity index (χ2v) is 12.1. The lowest BCUT2D eigenvalue weighted by atomic mass is 9.81. The summed E-state index contributed by atoms with van der Waals surface area (Å²) in [5.41, 5.74) is 8.21. The Kier molecular flexibility index (Phi) is 5.02. The van der Waals surface area contributed by atoms with E-state index >= 15 is 0 Å². The molecular weight excluding hydrogens is 515 g/mol. The van der Waals surface area contributed by atoms with Gasteiger partial charge in [-0.05, 0) is 102 Å². The Morgan fingerprint density at radius 1 is 0.634 bits per heavy atom. The third kappa shape index (κ3) is 3.47. The fourth-order valence-electron chi connectivity index (χ4n) is 6.95. The molecule has 2 heteroatoms. The summed E-state index contributed by atoms with van der Waals surface area (Å²) in [7, 11) is 0. The lowest BCUT2D eigenvalue weighted by Crippen LogP contribution is -2.04. The molecule has 0 saturated carbocycles. The average molecular weight is 540 g/mol. The molecule has 2 aliphatic carbocycles. The van der Waals surface area contributed by atoms with E-state index < -0.39 is 0 Å². The molecule has 1 heterocycles. The molecule has 192 valence electrons. The van der Waals surface area contributed by atoms with Crippen LogP contribution in [0, 0.1) is 0 Å².